The molecule has 1 aliphatic rings. The van der Waals surface area contributed by atoms with E-state index < -0.39 is 5.82 Å². The summed E-state index contributed by atoms with van der Waals surface area (Å²) >= 11 is 0. The summed E-state index contributed by atoms with van der Waals surface area (Å²) in [6.07, 6.45) is 2.06. The smallest absolute Gasteiger partial charge is 0.254 e. The zero-order valence-corrected chi connectivity index (χ0v) is 15.6. The van der Waals surface area contributed by atoms with E-state index in [9.17, 15) is 9.18 Å². The average molecular weight is 379 g/mol. The topological polar surface area (TPSA) is 50.4 Å². The molecule has 6 heteroatoms. The van der Waals surface area contributed by atoms with Crippen molar-refractivity contribution in [2.45, 2.75) is 12.8 Å². The molecule has 1 aliphatic heterocycles. The fourth-order valence-corrected chi connectivity index (χ4v) is 3.11. The molecule has 1 saturated heterocycles. The molecule has 1 fully saturated rings. The Labute approximate surface area is 159 Å². The van der Waals surface area contributed by atoms with Crippen LogP contribution in [0.3, 0.4) is 0 Å². The van der Waals surface area contributed by atoms with Crippen molar-refractivity contribution in [1.82, 2.24) is 10.6 Å². The minimum atomic E-state index is -0.506. The van der Waals surface area contributed by atoms with Crippen LogP contribution in [0.4, 0.5) is 4.39 Å². The number of hydrogen-bond donors (Lipinski definition) is 2. The Morgan fingerprint density at radius 3 is 2.58 bits per heavy atom. The zero-order chi connectivity index (χ0) is 17.6. The number of hydrogen-bond acceptors (Lipinski definition) is 3. The second-order valence-corrected chi connectivity index (χ2v) is 6.33. The Morgan fingerprint density at radius 2 is 1.96 bits per heavy atom. The van der Waals surface area contributed by atoms with Gasteiger partial charge in [-0.25, -0.2) is 4.39 Å². The molecule has 1 unspecified atom stereocenters. The molecule has 2 N–H and O–H groups in total. The van der Waals surface area contributed by atoms with E-state index in [4.69, 9.17) is 4.74 Å². The van der Waals surface area contributed by atoms with Crippen LogP contribution in [0.5, 0.6) is 5.75 Å². The third kappa shape index (κ3) is 4.96. The van der Waals surface area contributed by atoms with E-state index >= 15 is 0 Å². The average Bonchev–Trinajstić information content (AvgIpc) is 3.15. The molecule has 4 nitrogen and oxygen atoms in total. The molecule has 3 rings (SSSR count). The summed E-state index contributed by atoms with van der Waals surface area (Å²) < 4.78 is 19.5. The second-order valence-electron chi connectivity index (χ2n) is 6.33. The lowest BCUT2D eigenvalue weighted by Gasteiger charge is -2.11. The number of ether oxygens (including phenoxy) is 1. The van der Waals surface area contributed by atoms with Crippen LogP contribution < -0.4 is 15.4 Å². The highest BCUT2D eigenvalue weighted by atomic mass is 35.5. The van der Waals surface area contributed by atoms with E-state index in [2.05, 4.69) is 10.6 Å². The van der Waals surface area contributed by atoms with Gasteiger partial charge in [0.15, 0.2) is 0 Å². The van der Waals surface area contributed by atoms with Crippen LogP contribution >= 0.6 is 12.4 Å². The van der Waals surface area contributed by atoms with Crippen LogP contribution in [-0.2, 0) is 0 Å². The van der Waals surface area contributed by atoms with Crippen LogP contribution in [0.15, 0.2) is 42.5 Å². The van der Waals surface area contributed by atoms with Crippen molar-refractivity contribution in [3.63, 3.8) is 0 Å². The van der Waals surface area contributed by atoms with Crippen molar-refractivity contribution >= 4 is 18.3 Å². The Hall–Kier alpha value is -2.11. The van der Waals surface area contributed by atoms with Crippen LogP contribution in [-0.4, -0.2) is 32.7 Å². The Bertz CT molecular complexity index is 731. The minimum Gasteiger partial charge on any atom is -0.497 e. The van der Waals surface area contributed by atoms with E-state index in [1.54, 1.807) is 19.2 Å². The summed E-state index contributed by atoms with van der Waals surface area (Å²) in [7, 11) is 1.60. The van der Waals surface area contributed by atoms with E-state index in [1.807, 2.05) is 24.3 Å². The molecule has 1 atom stereocenters. The third-order valence-corrected chi connectivity index (χ3v) is 4.64. The number of benzene rings is 2. The monoisotopic (exact) mass is 378 g/mol. The van der Waals surface area contributed by atoms with Crippen molar-refractivity contribution < 1.29 is 13.9 Å². The number of carbonyl (C=O) groups is 1. The predicted molar refractivity (Wildman–Crippen MR) is 104 cm³/mol. The van der Waals surface area contributed by atoms with Crippen molar-refractivity contribution in [3.8, 4) is 16.9 Å². The first-order chi connectivity index (χ1) is 12.2. The Morgan fingerprint density at radius 1 is 1.23 bits per heavy atom. The lowest BCUT2D eigenvalue weighted by Crippen LogP contribution is -2.27. The lowest BCUT2D eigenvalue weighted by molar-refractivity contribution is 0.0947. The molecule has 0 spiro atoms. The van der Waals surface area contributed by atoms with Crippen molar-refractivity contribution in [2.24, 2.45) is 5.92 Å². The molecule has 1 amide bonds. The quantitative estimate of drug-likeness (QED) is 0.806. The van der Waals surface area contributed by atoms with Gasteiger partial charge in [-0.05, 0) is 67.2 Å². The molecule has 2 aromatic rings. The van der Waals surface area contributed by atoms with Gasteiger partial charge in [-0.1, -0.05) is 18.2 Å². The van der Waals surface area contributed by atoms with Gasteiger partial charge in [0.2, 0.25) is 0 Å². The zero-order valence-electron chi connectivity index (χ0n) is 14.8. The van der Waals surface area contributed by atoms with Gasteiger partial charge < -0.3 is 15.4 Å². The standard InChI is InChI=1S/C20H23FN2O2.ClH/c1-25-17-5-2-15(3-6-17)16-4-7-18(19(21)12-16)20(24)23-11-9-14-8-10-22-13-14;/h2-7,12,14,22H,8-11,13H2,1H3,(H,23,24);1H. The molecule has 0 aromatic heterocycles. The van der Waals surface area contributed by atoms with Gasteiger partial charge >= 0.3 is 0 Å². The highest BCUT2D eigenvalue weighted by Crippen LogP contribution is 2.24. The fraction of sp³-hybridized carbons (Fsp3) is 0.350. The first kappa shape index (κ1) is 20.2. The summed E-state index contributed by atoms with van der Waals surface area (Å²) in [4.78, 5) is 12.2. The SMILES string of the molecule is COc1ccc(-c2ccc(C(=O)NCCC3CCNC3)c(F)c2)cc1.Cl. The highest BCUT2D eigenvalue weighted by molar-refractivity contribution is 5.95. The molecule has 140 valence electrons. The highest BCUT2D eigenvalue weighted by Gasteiger charge is 2.16. The normalized spacial score (nSPS) is 16.0. The molecule has 0 saturated carbocycles. The molecular formula is C20H24ClFN2O2. The third-order valence-electron chi connectivity index (χ3n) is 4.64. The molecule has 26 heavy (non-hydrogen) atoms. The molecule has 1 heterocycles. The maximum absolute atomic E-state index is 14.4. The molecule has 0 aliphatic carbocycles. The van der Waals surface area contributed by atoms with Gasteiger partial charge in [-0.3, -0.25) is 4.79 Å². The second kappa shape index (κ2) is 9.55. The maximum atomic E-state index is 14.4. The van der Waals surface area contributed by atoms with E-state index in [0.29, 0.717) is 12.5 Å². The first-order valence-corrected chi connectivity index (χ1v) is 8.60. The number of carbonyl (C=O) groups excluding carboxylic acids is 1. The van der Waals surface area contributed by atoms with Crippen molar-refractivity contribution in [2.75, 3.05) is 26.7 Å². The summed E-state index contributed by atoms with van der Waals surface area (Å²) in [5.74, 6) is 0.485. The van der Waals surface area contributed by atoms with Gasteiger partial charge in [0, 0.05) is 6.54 Å². The lowest BCUT2D eigenvalue weighted by atomic mass is 10.0. The fourth-order valence-electron chi connectivity index (χ4n) is 3.11. The minimum absolute atomic E-state index is 0. The predicted octanol–water partition coefficient (Wildman–Crippen LogP) is 3.65. The summed E-state index contributed by atoms with van der Waals surface area (Å²) in [6, 6.07) is 12.1. The van der Waals surface area contributed by atoms with Gasteiger partial charge in [-0.2, -0.15) is 0 Å². The Kier molecular flexibility index (Phi) is 7.42. The van der Waals surface area contributed by atoms with Crippen LogP contribution in [0.2, 0.25) is 0 Å². The number of nitrogens with one attached hydrogen (secondary N) is 2. The first-order valence-electron chi connectivity index (χ1n) is 8.60. The van der Waals surface area contributed by atoms with E-state index in [1.165, 1.54) is 6.07 Å². The van der Waals surface area contributed by atoms with Gasteiger partial charge in [-0.15, -0.1) is 12.4 Å². The molecule has 2 aromatic carbocycles. The summed E-state index contributed by atoms with van der Waals surface area (Å²) in [6.45, 7) is 2.62. The molecule has 0 radical (unpaired) electrons. The van der Waals surface area contributed by atoms with E-state index in [-0.39, 0.29) is 23.9 Å². The van der Waals surface area contributed by atoms with Gasteiger partial charge in [0.05, 0.1) is 12.7 Å². The van der Waals surface area contributed by atoms with Gasteiger partial charge in [0.1, 0.15) is 11.6 Å². The van der Waals surface area contributed by atoms with Crippen LogP contribution in [0.25, 0.3) is 11.1 Å². The Balaban J connectivity index is 0.00000243. The number of methoxy groups -OCH3 is 1. The summed E-state index contributed by atoms with van der Waals surface area (Å²) in [5, 5.41) is 6.12. The number of amides is 1. The van der Waals surface area contributed by atoms with Crippen molar-refractivity contribution in [3.05, 3.63) is 53.8 Å². The largest absolute Gasteiger partial charge is 0.497 e. The van der Waals surface area contributed by atoms with Crippen molar-refractivity contribution in [1.29, 1.82) is 0 Å². The van der Waals surface area contributed by atoms with Gasteiger partial charge in [0.25, 0.3) is 5.91 Å². The van der Waals surface area contributed by atoms with Crippen LogP contribution in [0, 0.1) is 11.7 Å². The molecule has 0 bridgehead atoms. The number of halogens is 2. The maximum Gasteiger partial charge on any atom is 0.254 e. The van der Waals surface area contributed by atoms with Crippen LogP contribution in [0.1, 0.15) is 23.2 Å². The number of rotatable bonds is 6. The van der Waals surface area contributed by atoms with E-state index in [0.717, 1.165) is 42.8 Å². The summed E-state index contributed by atoms with van der Waals surface area (Å²) in [5.41, 5.74) is 1.69. The molecular weight excluding hydrogens is 355 g/mol.